The first kappa shape index (κ1) is 13.5. The first-order chi connectivity index (χ1) is 8.11. The molecule has 5 nitrogen and oxygen atoms in total. The third-order valence-corrected chi connectivity index (χ3v) is 3.04. The fourth-order valence-corrected chi connectivity index (χ4v) is 2.00. The molecule has 1 heterocycles. The Morgan fingerprint density at radius 3 is 3.06 bits per heavy atom. The summed E-state index contributed by atoms with van der Waals surface area (Å²) in [5.74, 6) is 0.0225. The highest BCUT2D eigenvalue weighted by Gasteiger charge is 2.02. The second kappa shape index (κ2) is 6.90. The number of thioether (sulfide) groups is 1. The van der Waals surface area contributed by atoms with Gasteiger partial charge in [0, 0.05) is 17.7 Å². The minimum atomic E-state index is -1.17. The molecule has 0 aliphatic heterocycles. The number of amidine groups is 1. The molecule has 0 fully saturated rings. The second-order valence-corrected chi connectivity index (χ2v) is 4.50. The van der Waals surface area contributed by atoms with E-state index >= 15 is 0 Å². The normalized spacial score (nSPS) is 11.5. The van der Waals surface area contributed by atoms with Crippen molar-refractivity contribution in [3.8, 4) is 0 Å². The Hall–Kier alpha value is -1.56. The molecular weight excluding hydrogens is 238 g/mol. The number of hydrogen-bond donors (Lipinski definition) is 2. The van der Waals surface area contributed by atoms with Crippen LogP contribution in [-0.2, 0) is 10.5 Å². The van der Waals surface area contributed by atoms with Crippen LogP contribution in [0, 0.1) is 6.92 Å². The summed E-state index contributed by atoms with van der Waals surface area (Å²) in [5.41, 5.74) is 7.37. The molecule has 0 bridgehead atoms. The summed E-state index contributed by atoms with van der Waals surface area (Å²) in [6, 6.07) is 3.92. The van der Waals surface area contributed by atoms with Gasteiger partial charge >= 0.3 is 5.97 Å². The third-order valence-electron chi connectivity index (χ3n) is 2.09. The Balaban J connectivity index is 2.28. The molecule has 1 rings (SSSR count). The van der Waals surface area contributed by atoms with E-state index in [4.69, 9.17) is 10.8 Å². The van der Waals surface area contributed by atoms with Crippen molar-refractivity contribution in [2.45, 2.75) is 12.7 Å². The number of aromatic nitrogens is 1. The van der Waals surface area contributed by atoms with Gasteiger partial charge in [0.2, 0.25) is 5.84 Å². The number of carboxylic acids is 1. The fraction of sp³-hybridized carbons (Fsp3) is 0.364. The zero-order valence-electron chi connectivity index (χ0n) is 9.59. The number of rotatable bonds is 5. The SMILES string of the molecule is Cc1cccnc1CSCCN=C(N)C(=O)O. The number of aryl methyl sites for hydroxylation is 1. The predicted octanol–water partition coefficient (Wildman–Crippen LogP) is 1.07. The Labute approximate surface area is 104 Å². The number of pyridine rings is 1. The number of carbonyl (C=O) groups is 1. The van der Waals surface area contributed by atoms with Crippen LogP contribution in [0.25, 0.3) is 0 Å². The van der Waals surface area contributed by atoms with Crippen LogP contribution in [0.1, 0.15) is 11.3 Å². The van der Waals surface area contributed by atoms with Gasteiger partial charge in [-0.1, -0.05) is 6.07 Å². The Morgan fingerprint density at radius 1 is 1.65 bits per heavy atom. The van der Waals surface area contributed by atoms with Crippen molar-refractivity contribution >= 4 is 23.6 Å². The van der Waals surface area contributed by atoms with Gasteiger partial charge in [0.1, 0.15) is 0 Å². The Morgan fingerprint density at radius 2 is 2.41 bits per heavy atom. The van der Waals surface area contributed by atoms with Crippen LogP contribution in [0.2, 0.25) is 0 Å². The van der Waals surface area contributed by atoms with Crippen LogP contribution < -0.4 is 5.73 Å². The maximum absolute atomic E-state index is 10.4. The first-order valence-corrected chi connectivity index (χ1v) is 6.28. The van der Waals surface area contributed by atoms with Crippen LogP contribution in [0.15, 0.2) is 23.3 Å². The zero-order chi connectivity index (χ0) is 12.7. The van der Waals surface area contributed by atoms with Crippen LogP contribution in [-0.4, -0.2) is 34.2 Å². The maximum Gasteiger partial charge on any atom is 0.370 e. The summed E-state index contributed by atoms with van der Waals surface area (Å²) in [5, 5.41) is 8.48. The largest absolute Gasteiger partial charge is 0.475 e. The molecule has 92 valence electrons. The smallest absolute Gasteiger partial charge is 0.370 e. The molecule has 0 aromatic carbocycles. The summed E-state index contributed by atoms with van der Waals surface area (Å²) in [6.45, 7) is 2.43. The number of aliphatic imine (C=N–C) groups is 1. The molecule has 0 amide bonds. The van der Waals surface area contributed by atoms with E-state index in [0.717, 1.165) is 22.8 Å². The molecule has 0 saturated carbocycles. The van der Waals surface area contributed by atoms with E-state index in [1.165, 1.54) is 0 Å². The third kappa shape index (κ3) is 4.86. The van der Waals surface area contributed by atoms with Crippen molar-refractivity contribution in [3.63, 3.8) is 0 Å². The summed E-state index contributed by atoms with van der Waals surface area (Å²) in [6.07, 6.45) is 1.77. The maximum atomic E-state index is 10.4. The summed E-state index contributed by atoms with van der Waals surface area (Å²) in [4.78, 5) is 18.4. The Kier molecular flexibility index (Phi) is 5.48. The summed E-state index contributed by atoms with van der Waals surface area (Å²) in [7, 11) is 0. The molecule has 0 radical (unpaired) electrons. The number of nitrogens with zero attached hydrogens (tertiary/aromatic N) is 2. The fourth-order valence-electron chi connectivity index (χ4n) is 1.14. The number of hydrogen-bond acceptors (Lipinski definition) is 4. The van der Waals surface area contributed by atoms with Crippen LogP contribution in [0.4, 0.5) is 0 Å². The lowest BCUT2D eigenvalue weighted by atomic mass is 10.2. The van der Waals surface area contributed by atoms with Gasteiger partial charge in [-0.2, -0.15) is 11.8 Å². The number of aliphatic carboxylic acids is 1. The van der Waals surface area contributed by atoms with Crippen molar-refractivity contribution in [1.82, 2.24) is 4.98 Å². The van der Waals surface area contributed by atoms with Gasteiger partial charge in [0.25, 0.3) is 0 Å². The van der Waals surface area contributed by atoms with Gasteiger partial charge in [-0.3, -0.25) is 9.98 Å². The molecule has 0 aliphatic rings. The van der Waals surface area contributed by atoms with Gasteiger partial charge in [-0.05, 0) is 18.6 Å². The molecule has 0 spiro atoms. The van der Waals surface area contributed by atoms with Crippen LogP contribution in [0.5, 0.6) is 0 Å². The average molecular weight is 253 g/mol. The highest BCUT2D eigenvalue weighted by atomic mass is 32.2. The van der Waals surface area contributed by atoms with E-state index in [1.807, 2.05) is 19.1 Å². The molecule has 17 heavy (non-hydrogen) atoms. The quantitative estimate of drug-likeness (QED) is 0.465. The van der Waals surface area contributed by atoms with Crippen molar-refractivity contribution in [2.75, 3.05) is 12.3 Å². The standard InChI is InChI=1S/C11H15N3O2S/c1-8-3-2-4-13-9(8)7-17-6-5-14-10(12)11(15)16/h2-4H,5-7H2,1H3,(H2,12,14)(H,15,16). The zero-order valence-corrected chi connectivity index (χ0v) is 10.4. The van der Waals surface area contributed by atoms with Gasteiger partial charge in [0.05, 0.1) is 12.2 Å². The van der Waals surface area contributed by atoms with Gasteiger partial charge < -0.3 is 10.8 Å². The lowest BCUT2D eigenvalue weighted by Gasteiger charge is -2.03. The highest BCUT2D eigenvalue weighted by molar-refractivity contribution is 7.98. The van der Waals surface area contributed by atoms with Crippen molar-refractivity contribution < 1.29 is 9.90 Å². The second-order valence-electron chi connectivity index (χ2n) is 3.39. The van der Waals surface area contributed by atoms with E-state index in [9.17, 15) is 4.79 Å². The van der Waals surface area contributed by atoms with Crippen LogP contribution in [0.3, 0.4) is 0 Å². The Bertz CT molecular complexity index is 421. The molecule has 0 saturated heterocycles. The van der Waals surface area contributed by atoms with Crippen molar-refractivity contribution in [1.29, 1.82) is 0 Å². The van der Waals surface area contributed by atoms with Gasteiger partial charge in [-0.25, -0.2) is 4.79 Å². The molecule has 3 N–H and O–H groups in total. The van der Waals surface area contributed by atoms with Gasteiger partial charge in [-0.15, -0.1) is 0 Å². The summed E-state index contributed by atoms with van der Waals surface area (Å²) >= 11 is 1.66. The lowest BCUT2D eigenvalue weighted by molar-refractivity contribution is -0.129. The first-order valence-electron chi connectivity index (χ1n) is 5.12. The van der Waals surface area contributed by atoms with Gasteiger partial charge in [0.15, 0.2) is 0 Å². The summed E-state index contributed by atoms with van der Waals surface area (Å²) < 4.78 is 0. The monoisotopic (exact) mass is 253 g/mol. The molecule has 0 atom stereocenters. The predicted molar refractivity (Wildman–Crippen MR) is 69.3 cm³/mol. The minimum absolute atomic E-state index is 0.334. The van der Waals surface area contributed by atoms with E-state index in [0.29, 0.717) is 6.54 Å². The molecule has 0 aliphatic carbocycles. The van der Waals surface area contributed by atoms with Crippen LogP contribution >= 0.6 is 11.8 Å². The molecule has 1 aromatic rings. The van der Waals surface area contributed by atoms with Crippen molar-refractivity contribution in [3.05, 3.63) is 29.6 Å². The number of nitrogens with two attached hydrogens (primary N) is 1. The van der Waals surface area contributed by atoms with E-state index < -0.39 is 5.97 Å². The minimum Gasteiger partial charge on any atom is -0.475 e. The highest BCUT2D eigenvalue weighted by Crippen LogP contribution is 2.12. The number of carboxylic acid groups (broad SMARTS) is 1. The average Bonchev–Trinajstić information content (AvgIpc) is 2.30. The molecule has 1 aromatic heterocycles. The molecule has 6 heteroatoms. The molecule has 0 unspecified atom stereocenters. The van der Waals surface area contributed by atoms with E-state index in [-0.39, 0.29) is 5.84 Å². The van der Waals surface area contributed by atoms with E-state index in [1.54, 1.807) is 18.0 Å². The lowest BCUT2D eigenvalue weighted by Crippen LogP contribution is -2.23. The topological polar surface area (TPSA) is 88.6 Å². The van der Waals surface area contributed by atoms with E-state index in [2.05, 4.69) is 9.98 Å². The van der Waals surface area contributed by atoms with Crippen molar-refractivity contribution in [2.24, 2.45) is 10.7 Å². The molecular formula is C11H15N3O2S.